The molecule has 3 N–H and O–H groups in total. The van der Waals surface area contributed by atoms with E-state index in [4.69, 9.17) is 20.4 Å². The molecule has 0 saturated carbocycles. The summed E-state index contributed by atoms with van der Waals surface area (Å²) in [6.07, 6.45) is 0. The van der Waals surface area contributed by atoms with Crippen LogP contribution in [0.1, 0.15) is 12.5 Å². The Morgan fingerprint density at radius 3 is 2.48 bits per heavy atom. The van der Waals surface area contributed by atoms with Crippen LogP contribution in [0.25, 0.3) is 0 Å². The first-order chi connectivity index (χ1) is 10.2. The van der Waals surface area contributed by atoms with Crippen LogP contribution < -0.4 is 15.2 Å². The molecule has 0 unspecified atom stereocenters. The topological polar surface area (TPSA) is 77.1 Å². The van der Waals surface area contributed by atoms with Gasteiger partial charge in [-0.05, 0) is 59.3 Å². The summed E-state index contributed by atoms with van der Waals surface area (Å²) >= 11 is 3.36. The molecule has 2 aromatic rings. The fraction of sp³-hybridized carbons (Fsp3) is 0.133. The first kappa shape index (κ1) is 15.2. The van der Waals surface area contributed by atoms with E-state index in [2.05, 4.69) is 21.1 Å². The quantitative estimate of drug-likeness (QED) is 0.372. The number of hydrogen-bond acceptors (Lipinski definition) is 4. The summed E-state index contributed by atoms with van der Waals surface area (Å²) in [6.45, 7) is 2.54. The number of benzene rings is 2. The van der Waals surface area contributed by atoms with Crippen LogP contribution in [0.5, 0.6) is 17.2 Å². The molecule has 0 aliphatic rings. The fourth-order valence-corrected chi connectivity index (χ4v) is 2.34. The second kappa shape index (κ2) is 6.99. The van der Waals surface area contributed by atoms with Gasteiger partial charge in [-0.25, -0.2) is 0 Å². The monoisotopic (exact) mass is 350 g/mol. The molecule has 0 aromatic heterocycles. The molecule has 0 radical (unpaired) electrons. The first-order valence-corrected chi connectivity index (χ1v) is 7.12. The third-order valence-corrected chi connectivity index (χ3v) is 3.36. The van der Waals surface area contributed by atoms with Crippen molar-refractivity contribution in [2.75, 3.05) is 6.61 Å². The number of nitrogens with zero attached hydrogens (tertiary/aromatic N) is 1. The Hall–Kier alpha value is -2.21. The Morgan fingerprint density at radius 2 is 1.86 bits per heavy atom. The normalized spacial score (nSPS) is 11.2. The molecule has 0 amide bonds. The van der Waals surface area contributed by atoms with Gasteiger partial charge in [0.2, 0.25) is 0 Å². The van der Waals surface area contributed by atoms with Gasteiger partial charge in [0, 0.05) is 4.47 Å². The average molecular weight is 351 g/mol. The molecule has 0 atom stereocenters. The molecule has 0 saturated heterocycles. The van der Waals surface area contributed by atoms with Crippen molar-refractivity contribution in [3.8, 4) is 17.2 Å². The maximum atomic E-state index is 8.87. The lowest BCUT2D eigenvalue weighted by Crippen LogP contribution is -2.15. The third-order valence-electron chi connectivity index (χ3n) is 2.70. The van der Waals surface area contributed by atoms with Gasteiger partial charge >= 0.3 is 0 Å². The minimum atomic E-state index is -0.0246. The number of oxime groups is 1. The van der Waals surface area contributed by atoms with Gasteiger partial charge in [-0.3, -0.25) is 0 Å². The predicted molar refractivity (Wildman–Crippen MR) is 84.3 cm³/mol. The molecule has 21 heavy (non-hydrogen) atoms. The van der Waals surface area contributed by atoms with Crippen LogP contribution in [-0.4, -0.2) is 17.6 Å². The highest BCUT2D eigenvalue weighted by Crippen LogP contribution is 2.31. The van der Waals surface area contributed by atoms with E-state index in [1.807, 2.05) is 25.1 Å². The molecule has 5 nitrogen and oxygen atoms in total. The number of hydrogen-bond donors (Lipinski definition) is 2. The zero-order valence-corrected chi connectivity index (χ0v) is 13.0. The van der Waals surface area contributed by atoms with Gasteiger partial charge in [-0.1, -0.05) is 11.2 Å². The molecular formula is C15H15BrN2O3. The summed E-state index contributed by atoms with van der Waals surface area (Å²) in [5.74, 6) is 1.87. The van der Waals surface area contributed by atoms with Crippen LogP contribution in [-0.2, 0) is 0 Å². The van der Waals surface area contributed by atoms with Crippen molar-refractivity contribution in [2.24, 2.45) is 10.9 Å². The molecule has 0 spiro atoms. The molecule has 0 aliphatic heterocycles. The summed E-state index contributed by atoms with van der Waals surface area (Å²) in [7, 11) is 0. The Bertz CT molecular complexity index is 642. The summed E-state index contributed by atoms with van der Waals surface area (Å²) in [4.78, 5) is 0. The smallest absolute Gasteiger partial charge is 0.175 e. The van der Waals surface area contributed by atoms with Gasteiger partial charge < -0.3 is 20.4 Å². The number of amidine groups is 1. The van der Waals surface area contributed by atoms with Crippen molar-refractivity contribution in [1.29, 1.82) is 0 Å². The first-order valence-electron chi connectivity index (χ1n) is 6.32. The van der Waals surface area contributed by atoms with Gasteiger partial charge in [-0.15, -0.1) is 0 Å². The highest BCUT2D eigenvalue weighted by atomic mass is 79.9. The fourth-order valence-electron chi connectivity index (χ4n) is 1.79. The number of halogens is 1. The number of ether oxygens (including phenoxy) is 2. The second-order valence-corrected chi connectivity index (χ2v) is 4.96. The molecule has 2 rings (SSSR count). The summed E-state index contributed by atoms with van der Waals surface area (Å²) in [6, 6.07) is 12.6. The molecule has 6 heteroatoms. The lowest BCUT2D eigenvalue weighted by molar-refractivity contribution is 0.318. The molecule has 0 heterocycles. The SMILES string of the molecule is CCOc1ccc(Oc2cccc(Br)c2/C(N)=N/O)cc1. The number of rotatable bonds is 5. The largest absolute Gasteiger partial charge is 0.494 e. The van der Waals surface area contributed by atoms with E-state index in [1.165, 1.54) is 0 Å². The second-order valence-electron chi connectivity index (χ2n) is 4.10. The van der Waals surface area contributed by atoms with Crippen LogP contribution >= 0.6 is 15.9 Å². The highest BCUT2D eigenvalue weighted by Gasteiger charge is 2.13. The third kappa shape index (κ3) is 3.66. The molecule has 2 aromatic carbocycles. The van der Waals surface area contributed by atoms with E-state index in [-0.39, 0.29) is 5.84 Å². The Balaban J connectivity index is 2.29. The van der Waals surface area contributed by atoms with Crippen LogP contribution in [0.15, 0.2) is 52.1 Å². The van der Waals surface area contributed by atoms with E-state index < -0.39 is 0 Å². The van der Waals surface area contributed by atoms with E-state index in [1.54, 1.807) is 24.3 Å². The van der Waals surface area contributed by atoms with Gasteiger partial charge in [-0.2, -0.15) is 0 Å². The maximum Gasteiger partial charge on any atom is 0.175 e. The van der Waals surface area contributed by atoms with E-state index >= 15 is 0 Å². The Labute approximate surface area is 131 Å². The minimum Gasteiger partial charge on any atom is -0.494 e. The van der Waals surface area contributed by atoms with Gasteiger partial charge in [0.15, 0.2) is 5.84 Å². The maximum absolute atomic E-state index is 8.87. The van der Waals surface area contributed by atoms with Crippen LogP contribution in [0.4, 0.5) is 0 Å². The molecule has 0 bridgehead atoms. The van der Waals surface area contributed by atoms with Crippen molar-refractivity contribution in [3.05, 3.63) is 52.5 Å². The molecule has 110 valence electrons. The van der Waals surface area contributed by atoms with Crippen molar-refractivity contribution in [3.63, 3.8) is 0 Å². The lowest BCUT2D eigenvalue weighted by atomic mass is 10.2. The summed E-state index contributed by atoms with van der Waals surface area (Å²) < 4.78 is 11.8. The van der Waals surface area contributed by atoms with Crippen molar-refractivity contribution >= 4 is 21.8 Å². The van der Waals surface area contributed by atoms with Crippen molar-refractivity contribution in [1.82, 2.24) is 0 Å². The number of nitrogens with two attached hydrogens (primary N) is 1. The zero-order chi connectivity index (χ0) is 15.2. The van der Waals surface area contributed by atoms with Crippen molar-refractivity contribution in [2.45, 2.75) is 6.92 Å². The standard InChI is InChI=1S/C15H15BrN2O3/c1-2-20-10-6-8-11(9-7-10)21-13-5-3-4-12(16)14(13)15(17)18-19/h3-9,19H,2H2,1H3,(H2,17,18). The van der Waals surface area contributed by atoms with Crippen molar-refractivity contribution < 1.29 is 14.7 Å². The minimum absolute atomic E-state index is 0.0246. The summed E-state index contributed by atoms with van der Waals surface area (Å²) in [5.41, 5.74) is 6.18. The van der Waals surface area contributed by atoms with Crippen LogP contribution in [0.3, 0.4) is 0 Å². The van der Waals surface area contributed by atoms with Gasteiger partial charge in [0.1, 0.15) is 17.2 Å². The van der Waals surface area contributed by atoms with E-state index in [0.29, 0.717) is 28.1 Å². The zero-order valence-electron chi connectivity index (χ0n) is 11.4. The Morgan fingerprint density at radius 1 is 1.19 bits per heavy atom. The highest BCUT2D eigenvalue weighted by molar-refractivity contribution is 9.10. The van der Waals surface area contributed by atoms with Crippen LogP contribution in [0, 0.1) is 0 Å². The average Bonchev–Trinajstić information content (AvgIpc) is 2.49. The molecular weight excluding hydrogens is 336 g/mol. The Kier molecular flexibility index (Phi) is 5.05. The van der Waals surface area contributed by atoms with Crippen LogP contribution in [0.2, 0.25) is 0 Å². The molecule has 0 fully saturated rings. The van der Waals surface area contributed by atoms with E-state index in [0.717, 1.165) is 5.75 Å². The van der Waals surface area contributed by atoms with Gasteiger partial charge in [0.05, 0.1) is 12.2 Å². The van der Waals surface area contributed by atoms with Gasteiger partial charge in [0.25, 0.3) is 0 Å². The predicted octanol–water partition coefficient (Wildman–Crippen LogP) is 3.73. The molecule has 0 aliphatic carbocycles. The summed E-state index contributed by atoms with van der Waals surface area (Å²) in [5, 5.41) is 11.9. The lowest BCUT2D eigenvalue weighted by Gasteiger charge is -2.12. The van der Waals surface area contributed by atoms with E-state index in [9.17, 15) is 0 Å².